The number of phenols is 2. The minimum Gasteiger partial charge on any atom is -0.508 e. The number of hydrogen-bond acceptors (Lipinski definition) is 5. The molecule has 144 valence electrons. The van der Waals surface area contributed by atoms with Crippen LogP contribution in [0.5, 0.6) is 11.5 Å². The van der Waals surface area contributed by atoms with Gasteiger partial charge in [-0.15, -0.1) is 0 Å². The summed E-state index contributed by atoms with van der Waals surface area (Å²) in [7, 11) is 0. The molecule has 7 heteroatoms. The number of ether oxygens (including phenoxy) is 1. The Bertz CT molecular complexity index is 686. The lowest BCUT2D eigenvalue weighted by Gasteiger charge is -2.35. The molecule has 1 aromatic carbocycles. The van der Waals surface area contributed by atoms with Gasteiger partial charge in [-0.25, -0.2) is 4.79 Å². The molecule has 2 N–H and O–H groups in total. The third kappa shape index (κ3) is 4.59. The molecule has 7 nitrogen and oxygen atoms in total. The van der Waals surface area contributed by atoms with E-state index in [-0.39, 0.29) is 35.0 Å². The minimum absolute atomic E-state index is 0.0196. The standard InChI is InChI=1S/C19H28N2O5/c1-12(2)13-10-14(16(23)11-15(13)22)17(24)20-6-8-21(9-7-20)18(25)26-19(3,4)5/h10-12,22-23H,6-9H2,1-5H3. The molecule has 2 rings (SSSR count). The fraction of sp³-hybridized carbons (Fsp3) is 0.579. The van der Waals surface area contributed by atoms with Crippen LogP contribution in [0.25, 0.3) is 0 Å². The Labute approximate surface area is 154 Å². The number of benzene rings is 1. The van der Waals surface area contributed by atoms with Crippen molar-refractivity contribution >= 4 is 12.0 Å². The predicted octanol–water partition coefficient (Wildman–Crippen LogP) is 2.91. The van der Waals surface area contributed by atoms with Gasteiger partial charge in [0.15, 0.2) is 0 Å². The van der Waals surface area contributed by atoms with E-state index in [1.807, 2.05) is 34.6 Å². The first-order chi connectivity index (χ1) is 12.0. The second-order valence-electron chi connectivity index (χ2n) is 7.84. The van der Waals surface area contributed by atoms with Crippen LogP contribution in [0.4, 0.5) is 4.79 Å². The molecule has 0 aromatic heterocycles. The molecule has 0 saturated carbocycles. The number of piperazine rings is 1. The van der Waals surface area contributed by atoms with E-state index in [0.717, 1.165) is 0 Å². The fourth-order valence-corrected chi connectivity index (χ4v) is 2.82. The molecule has 0 spiro atoms. The van der Waals surface area contributed by atoms with Crippen molar-refractivity contribution in [2.45, 2.75) is 46.1 Å². The summed E-state index contributed by atoms with van der Waals surface area (Å²) in [5.41, 5.74) is 0.213. The molecular formula is C19H28N2O5. The van der Waals surface area contributed by atoms with Gasteiger partial charge in [-0.3, -0.25) is 4.79 Å². The van der Waals surface area contributed by atoms with Crippen molar-refractivity contribution in [3.8, 4) is 11.5 Å². The number of aromatic hydroxyl groups is 2. The van der Waals surface area contributed by atoms with E-state index in [4.69, 9.17) is 4.74 Å². The molecule has 2 amide bonds. The second kappa shape index (κ2) is 7.43. The Morgan fingerprint density at radius 2 is 1.54 bits per heavy atom. The molecule has 0 atom stereocenters. The first kappa shape index (κ1) is 19.9. The summed E-state index contributed by atoms with van der Waals surface area (Å²) >= 11 is 0. The summed E-state index contributed by atoms with van der Waals surface area (Å²) in [6, 6.07) is 2.75. The van der Waals surface area contributed by atoms with Gasteiger partial charge in [-0.1, -0.05) is 13.8 Å². The van der Waals surface area contributed by atoms with Crippen LogP contribution in [0, 0.1) is 0 Å². The molecule has 0 bridgehead atoms. The third-order valence-electron chi connectivity index (χ3n) is 4.22. The SMILES string of the molecule is CC(C)c1cc(C(=O)N2CCN(C(=O)OC(C)(C)C)CC2)c(O)cc1O. The molecule has 0 aliphatic carbocycles. The smallest absolute Gasteiger partial charge is 0.410 e. The molecule has 1 heterocycles. The van der Waals surface area contributed by atoms with Crippen molar-refractivity contribution in [3.05, 3.63) is 23.3 Å². The van der Waals surface area contributed by atoms with Crippen molar-refractivity contribution in [2.24, 2.45) is 0 Å². The van der Waals surface area contributed by atoms with Crippen LogP contribution < -0.4 is 0 Å². The van der Waals surface area contributed by atoms with Gasteiger partial charge in [0.1, 0.15) is 17.1 Å². The van der Waals surface area contributed by atoms with Crippen LogP contribution in [0.2, 0.25) is 0 Å². The second-order valence-corrected chi connectivity index (χ2v) is 7.84. The molecule has 0 unspecified atom stereocenters. The third-order valence-corrected chi connectivity index (χ3v) is 4.22. The first-order valence-electron chi connectivity index (χ1n) is 8.82. The number of hydrogen-bond donors (Lipinski definition) is 2. The van der Waals surface area contributed by atoms with Crippen LogP contribution in [0.15, 0.2) is 12.1 Å². The minimum atomic E-state index is -0.560. The summed E-state index contributed by atoms with van der Waals surface area (Å²) in [5, 5.41) is 20.0. The maximum Gasteiger partial charge on any atom is 0.410 e. The van der Waals surface area contributed by atoms with Crippen LogP contribution in [-0.4, -0.2) is 63.8 Å². The normalized spacial score (nSPS) is 15.3. The Balaban J connectivity index is 2.07. The highest BCUT2D eigenvalue weighted by molar-refractivity contribution is 5.97. The Hall–Kier alpha value is -2.44. The predicted molar refractivity (Wildman–Crippen MR) is 97.6 cm³/mol. The lowest BCUT2D eigenvalue weighted by molar-refractivity contribution is 0.0140. The van der Waals surface area contributed by atoms with Gasteiger partial charge < -0.3 is 24.7 Å². The Morgan fingerprint density at radius 3 is 2.04 bits per heavy atom. The van der Waals surface area contributed by atoms with Crippen molar-refractivity contribution in [1.29, 1.82) is 0 Å². The number of carbonyl (C=O) groups is 2. The van der Waals surface area contributed by atoms with Gasteiger partial charge in [-0.2, -0.15) is 0 Å². The highest BCUT2D eigenvalue weighted by atomic mass is 16.6. The maximum absolute atomic E-state index is 12.8. The fourth-order valence-electron chi connectivity index (χ4n) is 2.82. The number of phenolic OH excluding ortho intramolecular Hbond substituents is 2. The first-order valence-corrected chi connectivity index (χ1v) is 8.82. The molecule has 26 heavy (non-hydrogen) atoms. The zero-order valence-electron chi connectivity index (χ0n) is 16.1. The molecular weight excluding hydrogens is 336 g/mol. The van der Waals surface area contributed by atoms with Crippen LogP contribution in [0.3, 0.4) is 0 Å². The van der Waals surface area contributed by atoms with E-state index in [0.29, 0.717) is 31.7 Å². The number of rotatable bonds is 2. The van der Waals surface area contributed by atoms with Crippen molar-refractivity contribution in [2.75, 3.05) is 26.2 Å². The summed E-state index contributed by atoms with van der Waals surface area (Å²) in [6.45, 7) is 10.7. The number of nitrogens with zero attached hydrogens (tertiary/aromatic N) is 2. The highest BCUT2D eigenvalue weighted by Gasteiger charge is 2.29. The van der Waals surface area contributed by atoms with Crippen LogP contribution in [0.1, 0.15) is 56.5 Å². The summed E-state index contributed by atoms with van der Waals surface area (Å²) in [4.78, 5) is 28.0. The van der Waals surface area contributed by atoms with Gasteiger partial charge in [-0.05, 0) is 38.3 Å². The van der Waals surface area contributed by atoms with E-state index < -0.39 is 5.60 Å². The zero-order chi connectivity index (χ0) is 19.6. The van der Waals surface area contributed by atoms with Crippen LogP contribution >= 0.6 is 0 Å². The summed E-state index contributed by atoms with van der Waals surface area (Å²) in [5.74, 6) is -0.560. The largest absolute Gasteiger partial charge is 0.508 e. The number of carbonyl (C=O) groups excluding carboxylic acids is 2. The monoisotopic (exact) mass is 364 g/mol. The van der Waals surface area contributed by atoms with E-state index in [1.54, 1.807) is 9.80 Å². The van der Waals surface area contributed by atoms with Gasteiger partial charge in [0.2, 0.25) is 0 Å². The van der Waals surface area contributed by atoms with Gasteiger partial charge in [0, 0.05) is 32.2 Å². The van der Waals surface area contributed by atoms with Gasteiger partial charge >= 0.3 is 6.09 Å². The lowest BCUT2D eigenvalue weighted by atomic mass is 9.98. The molecule has 1 aliphatic rings. The molecule has 0 radical (unpaired) electrons. The summed E-state index contributed by atoms with van der Waals surface area (Å²) < 4.78 is 5.35. The van der Waals surface area contributed by atoms with Gasteiger partial charge in [0.25, 0.3) is 5.91 Å². The average Bonchev–Trinajstić information content (AvgIpc) is 2.52. The molecule has 1 saturated heterocycles. The lowest BCUT2D eigenvalue weighted by Crippen LogP contribution is -2.51. The maximum atomic E-state index is 12.8. The van der Waals surface area contributed by atoms with Crippen molar-refractivity contribution in [3.63, 3.8) is 0 Å². The van der Waals surface area contributed by atoms with Gasteiger partial charge in [0.05, 0.1) is 5.56 Å². The Kier molecular flexibility index (Phi) is 5.68. The quantitative estimate of drug-likeness (QED) is 0.842. The van der Waals surface area contributed by atoms with E-state index in [1.165, 1.54) is 12.1 Å². The molecule has 1 aromatic rings. The Morgan fingerprint density at radius 1 is 1.00 bits per heavy atom. The van der Waals surface area contributed by atoms with E-state index >= 15 is 0 Å². The molecule has 1 aliphatic heterocycles. The topological polar surface area (TPSA) is 90.3 Å². The van der Waals surface area contributed by atoms with E-state index in [9.17, 15) is 19.8 Å². The van der Waals surface area contributed by atoms with E-state index in [2.05, 4.69) is 0 Å². The van der Waals surface area contributed by atoms with Crippen molar-refractivity contribution < 1.29 is 24.5 Å². The van der Waals surface area contributed by atoms with Crippen molar-refractivity contribution in [1.82, 2.24) is 9.80 Å². The average molecular weight is 364 g/mol. The number of amides is 2. The molecule has 1 fully saturated rings. The zero-order valence-corrected chi connectivity index (χ0v) is 16.1. The van der Waals surface area contributed by atoms with Crippen LogP contribution in [-0.2, 0) is 4.74 Å². The highest BCUT2D eigenvalue weighted by Crippen LogP contribution is 2.33. The summed E-state index contributed by atoms with van der Waals surface area (Å²) in [6.07, 6.45) is -0.390.